The first-order valence-corrected chi connectivity index (χ1v) is 8.84. The highest BCUT2D eigenvalue weighted by Gasteiger charge is 2.33. The molecule has 5 nitrogen and oxygen atoms in total. The molecule has 1 amide bonds. The van der Waals surface area contributed by atoms with Gasteiger partial charge in [-0.3, -0.25) is 4.90 Å². The fraction of sp³-hybridized carbons (Fsp3) is 0.273. The predicted octanol–water partition coefficient (Wildman–Crippen LogP) is 5.21. The molecule has 0 aliphatic rings. The molecule has 27 heavy (non-hydrogen) atoms. The summed E-state index contributed by atoms with van der Waals surface area (Å²) in [6, 6.07) is 16.2. The lowest BCUT2D eigenvalue weighted by atomic mass is 9.99. The number of ether oxygens (including phenoxy) is 1. The third kappa shape index (κ3) is 3.72. The first-order chi connectivity index (χ1) is 12.7. The smallest absolute Gasteiger partial charge is 0.415 e. The van der Waals surface area contributed by atoms with Crippen LogP contribution in [-0.2, 0) is 9.53 Å². The molecular weight excluding hydrogens is 342 g/mol. The number of fused-ring (bicyclic) bond motifs is 2. The van der Waals surface area contributed by atoms with Crippen LogP contribution in [0.1, 0.15) is 27.7 Å². The molecule has 1 N–H and O–H groups in total. The molecule has 0 saturated carbocycles. The molecule has 140 valence electrons. The van der Waals surface area contributed by atoms with Crippen LogP contribution in [0.2, 0.25) is 0 Å². The second-order valence-electron chi connectivity index (χ2n) is 7.53. The molecule has 5 heteroatoms. The minimum Gasteiger partial charge on any atom is -0.480 e. The Morgan fingerprint density at radius 1 is 0.963 bits per heavy atom. The summed E-state index contributed by atoms with van der Waals surface area (Å²) in [5, 5.41) is 13.1. The van der Waals surface area contributed by atoms with E-state index in [1.807, 2.05) is 54.6 Å². The van der Waals surface area contributed by atoms with E-state index in [1.165, 1.54) is 11.8 Å². The summed E-state index contributed by atoms with van der Waals surface area (Å²) in [4.78, 5) is 26.1. The highest BCUT2D eigenvalue weighted by atomic mass is 16.6. The number of carbonyl (C=O) groups excluding carboxylic acids is 1. The van der Waals surface area contributed by atoms with Gasteiger partial charge >= 0.3 is 12.1 Å². The van der Waals surface area contributed by atoms with Gasteiger partial charge in [-0.05, 0) is 44.5 Å². The van der Waals surface area contributed by atoms with Crippen LogP contribution in [-0.4, -0.2) is 28.8 Å². The van der Waals surface area contributed by atoms with Crippen molar-refractivity contribution in [3.8, 4) is 0 Å². The van der Waals surface area contributed by atoms with Gasteiger partial charge in [0.1, 0.15) is 11.6 Å². The first-order valence-electron chi connectivity index (χ1n) is 8.84. The maximum absolute atomic E-state index is 13.0. The first kappa shape index (κ1) is 18.7. The van der Waals surface area contributed by atoms with Crippen LogP contribution in [0.15, 0.2) is 54.6 Å². The van der Waals surface area contributed by atoms with Crippen molar-refractivity contribution in [1.82, 2.24) is 0 Å². The standard InChI is InChI=1S/C22H23NO4/c1-14(20(24)25)23(21(26)27-22(2,3)4)19-17-11-7-5-9-15(17)13-16-10-6-8-12-18(16)19/h5-14H,1-4H3,(H,24,25). The van der Waals surface area contributed by atoms with Crippen molar-refractivity contribution in [2.24, 2.45) is 0 Å². The fourth-order valence-electron chi connectivity index (χ4n) is 3.11. The number of hydrogen-bond acceptors (Lipinski definition) is 3. The maximum Gasteiger partial charge on any atom is 0.415 e. The van der Waals surface area contributed by atoms with Crippen LogP contribution >= 0.6 is 0 Å². The zero-order valence-corrected chi connectivity index (χ0v) is 15.9. The number of carbonyl (C=O) groups is 2. The second-order valence-corrected chi connectivity index (χ2v) is 7.53. The van der Waals surface area contributed by atoms with Crippen molar-refractivity contribution < 1.29 is 19.4 Å². The zero-order chi connectivity index (χ0) is 19.8. The van der Waals surface area contributed by atoms with Crippen LogP contribution in [0, 0.1) is 0 Å². The number of anilines is 1. The maximum atomic E-state index is 13.0. The van der Waals surface area contributed by atoms with Crippen molar-refractivity contribution in [2.45, 2.75) is 39.3 Å². The molecule has 0 radical (unpaired) electrons. The number of amides is 1. The number of rotatable bonds is 3. The van der Waals surface area contributed by atoms with Gasteiger partial charge in [0.15, 0.2) is 0 Å². The molecule has 0 spiro atoms. The average molecular weight is 365 g/mol. The fourth-order valence-corrected chi connectivity index (χ4v) is 3.11. The quantitative estimate of drug-likeness (QED) is 0.647. The van der Waals surface area contributed by atoms with Crippen LogP contribution in [0.5, 0.6) is 0 Å². The summed E-state index contributed by atoms with van der Waals surface area (Å²) in [7, 11) is 0. The largest absolute Gasteiger partial charge is 0.480 e. The average Bonchev–Trinajstić information content (AvgIpc) is 2.59. The Hall–Kier alpha value is -3.08. The van der Waals surface area contributed by atoms with Crippen LogP contribution in [0.25, 0.3) is 21.5 Å². The van der Waals surface area contributed by atoms with E-state index in [4.69, 9.17) is 4.74 Å². The molecule has 3 aromatic carbocycles. The van der Waals surface area contributed by atoms with Gasteiger partial charge in [-0.2, -0.15) is 0 Å². The molecule has 0 fully saturated rings. The SMILES string of the molecule is CC(C(=O)O)N(C(=O)OC(C)(C)C)c1c2ccccc2cc2ccccc12. The van der Waals surface area contributed by atoms with Gasteiger partial charge in [0.25, 0.3) is 0 Å². The summed E-state index contributed by atoms with van der Waals surface area (Å²) in [5.74, 6) is -1.10. The summed E-state index contributed by atoms with van der Waals surface area (Å²) in [5.41, 5.74) is -0.193. The number of carboxylic acid groups (broad SMARTS) is 1. The molecule has 0 aromatic heterocycles. The summed E-state index contributed by atoms with van der Waals surface area (Å²) < 4.78 is 5.55. The molecule has 0 saturated heterocycles. The minimum absolute atomic E-state index is 0.549. The molecule has 1 unspecified atom stereocenters. The van der Waals surface area contributed by atoms with Gasteiger partial charge in [-0.25, -0.2) is 9.59 Å². The van der Waals surface area contributed by atoms with Gasteiger partial charge in [-0.15, -0.1) is 0 Å². The van der Waals surface area contributed by atoms with E-state index < -0.39 is 23.7 Å². The normalized spacial score (nSPS) is 12.7. The Morgan fingerprint density at radius 3 is 1.89 bits per heavy atom. The third-order valence-corrected chi connectivity index (χ3v) is 4.32. The van der Waals surface area contributed by atoms with Crippen molar-refractivity contribution in [3.63, 3.8) is 0 Å². The number of hydrogen-bond donors (Lipinski definition) is 1. The van der Waals surface area contributed by atoms with Crippen molar-refractivity contribution >= 4 is 39.3 Å². The van der Waals surface area contributed by atoms with E-state index in [9.17, 15) is 14.7 Å². The van der Waals surface area contributed by atoms with E-state index in [1.54, 1.807) is 20.8 Å². The van der Waals surface area contributed by atoms with Gasteiger partial charge in [0.2, 0.25) is 0 Å². The van der Waals surface area contributed by atoms with E-state index in [0.29, 0.717) is 5.69 Å². The molecule has 3 aromatic rings. The highest BCUT2D eigenvalue weighted by Crippen LogP contribution is 2.37. The Morgan fingerprint density at radius 2 is 1.44 bits per heavy atom. The van der Waals surface area contributed by atoms with Gasteiger partial charge in [-0.1, -0.05) is 48.5 Å². The van der Waals surface area contributed by atoms with E-state index >= 15 is 0 Å². The molecule has 1 atom stereocenters. The Kier molecular flexibility index (Phi) is 4.79. The van der Waals surface area contributed by atoms with Crippen molar-refractivity contribution in [3.05, 3.63) is 54.6 Å². The van der Waals surface area contributed by atoms with Crippen LogP contribution in [0.4, 0.5) is 10.5 Å². The number of aliphatic carboxylic acids is 1. The van der Waals surface area contributed by atoms with E-state index in [-0.39, 0.29) is 0 Å². The van der Waals surface area contributed by atoms with E-state index in [0.717, 1.165) is 21.5 Å². The molecular formula is C22H23NO4. The Labute approximate surface area is 158 Å². The molecule has 3 rings (SSSR count). The van der Waals surface area contributed by atoms with E-state index in [2.05, 4.69) is 0 Å². The number of carboxylic acids is 1. The van der Waals surface area contributed by atoms with Crippen molar-refractivity contribution in [2.75, 3.05) is 4.90 Å². The topological polar surface area (TPSA) is 66.8 Å². The third-order valence-electron chi connectivity index (χ3n) is 4.32. The summed E-state index contributed by atoms with van der Waals surface area (Å²) >= 11 is 0. The van der Waals surface area contributed by atoms with Crippen LogP contribution < -0.4 is 4.90 Å². The summed E-state index contributed by atoms with van der Waals surface area (Å²) in [6.45, 7) is 6.77. The lowest BCUT2D eigenvalue weighted by Gasteiger charge is -2.31. The molecule has 0 heterocycles. The minimum atomic E-state index is -1.10. The number of nitrogens with zero attached hydrogens (tertiary/aromatic N) is 1. The molecule has 0 aliphatic heterocycles. The highest BCUT2D eigenvalue weighted by molar-refractivity contribution is 6.16. The lowest BCUT2D eigenvalue weighted by molar-refractivity contribution is -0.138. The Bertz CT molecular complexity index is 966. The monoisotopic (exact) mass is 365 g/mol. The van der Waals surface area contributed by atoms with Gasteiger partial charge in [0.05, 0.1) is 5.69 Å². The van der Waals surface area contributed by atoms with Gasteiger partial charge < -0.3 is 9.84 Å². The predicted molar refractivity (Wildman–Crippen MR) is 107 cm³/mol. The Balaban J connectivity index is 2.34. The molecule has 0 aliphatic carbocycles. The zero-order valence-electron chi connectivity index (χ0n) is 15.9. The van der Waals surface area contributed by atoms with Gasteiger partial charge in [0, 0.05) is 10.8 Å². The van der Waals surface area contributed by atoms with Crippen molar-refractivity contribution in [1.29, 1.82) is 0 Å². The lowest BCUT2D eigenvalue weighted by Crippen LogP contribution is -2.46. The number of benzene rings is 3. The van der Waals surface area contributed by atoms with Crippen LogP contribution in [0.3, 0.4) is 0 Å². The second kappa shape index (κ2) is 6.91. The molecule has 0 bridgehead atoms. The summed E-state index contributed by atoms with van der Waals surface area (Å²) in [6.07, 6.45) is -0.682.